The van der Waals surface area contributed by atoms with Crippen LogP contribution in [0.4, 0.5) is 0 Å². The Morgan fingerprint density at radius 2 is 1.71 bits per heavy atom. The predicted octanol–water partition coefficient (Wildman–Crippen LogP) is 5.09. The van der Waals surface area contributed by atoms with Crippen LogP contribution in [0.3, 0.4) is 0 Å². The Kier molecular flexibility index (Phi) is 6.65. The lowest BCUT2D eigenvalue weighted by Gasteiger charge is -2.24. The molecule has 1 saturated carbocycles. The van der Waals surface area contributed by atoms with Crippen molar-refractivity contribution in [2.75, 3.05) is 0 Å². The van der Waals surface area contributed by atoms with Gasteiger partial charge in [-0.3, -0.25) is 14.0 Å². The third-order valence-corrected chi connectivity index (χ3v) is 7.84. The summed E-state index contributed by atoms with van der Waals surface area (Å²) in [5.41, 5.74) is 2.46. The standard InChI is InChI=1S/C27H31N5O2S/c1-17(2)20-13-7-9-15-22(20)31-25(34)21-14-8-10-16-23(21)32-26(31)29-30-27(32)35-18(3)24(33)28-19-11-5-4-6-12-19/h7-10,13-19H,4-6,11-12H2,1-3H3,(H,28,33). The van der Waals surface area contributed by atoms with E-state index in [9.17, 15) is 9.59 Å². The van der Waals surface area contributed by atoms with Crippen LogP contribution in [0.15, 0.2) is 58.5 Å². The van der Waals surface area contributed by atoms with Gasteiger partial charge >= 0.3 is 0 Å². The minimum atomic E-state index is -0.341. The molecule has 2 aromatic carbocycles. The van der Waals surface area contributed by atoms with Crippen LogP contribution in [0.2, 0.25) is 0 Å². The van der Waals surface area contributed by atoms with Crippen molar-refractivity contribution in [2.24, 2.45) is 0 Å². The first-order chi connectivity index (χ1) is 17.0. The van der Waals surface area contributed by atoms with Crippen molar-refractivity contribution < 1.29 is 4.79 Å². The highest BCUT2D eigenvalue weighted by molar-refractivity contribution is 8.00. The molecule has 182 valence electrons. The summed E-state index contributed by atoms with van der Waals surface area (Å²) >= 11 is 1.37. The van der Waals surface area contributed by atoms with Gasteiger partial charge in [0.05, 0.1) is 21.8 Å². The maximum absolute atomic E-state index is 13.7. The van der Waals surface area contributed by atoms with Crippen LogP contribution in [-0.4, -0.2) is 36.4 Å². The molecule has 0 bridgehead atoms. The first-order valence-corrected chi connectivity index (χ1v) is 13.3. The number of nitrogens with one attached hydrogen (secondary N) is 1. The van der Waals surface area contributed by atoms with Gasteiger partial charge in [0, 0.05) is 6.04 Å². The molecule has 0 radical (unpaired) electrons. The molecule has 1 fully saturated rings. The number of rotatable bonds is 6. The number of aromatic nitrogens is 4. The topological polar surface area (TPSA) is 81.3 Å². The number of benzene rings is 2. The van der Waals surface area contributed by atoms with E-state index in [1.807, 2.05) is 59.9 Å². The zero-order chi connectivity index (χ0) is 24.5. The lowest BCUT2D eigenvalue weighted by Crippen LogP contribution is -2.40. The fourth-order valence-electron chi connectivity index (χ4n) is 4.93. The molecule has 0 spiro atoms. The molecular weight excluding hydrogens is 458 g/mol. The minimum Gasteiger partial charge on any atom is -0.352 e. The summed E-state index contributed by atoms with van der Waals surface area (Å²) in [5.74, 6) is 0.690. The minimum absolute atomic E-state index is 0.0152. The highest BCUT2D eigenvalue weighted by Crippen LogP contribution is 2.29. The first-order valence-electron chi connectivity index (χ1n) is 12.4. The van der Waals surface area contributed by atoms with Crippen molar-refractivity contribution in [2.45, 2.75) is 75.2 Å². The molecule has 8 heteroatoms. The van der Waals surface area contributed by atoms with Gasteiger partial charge in [-0.15, -0.1) is 10.2 Å². The number of hydrogen-bond acceptors (Lipinski definition) is 5. The molecule has 2 heterocycles. The summed E-state index contributed by atoms with van der Waals surface area (Å²) in [7, 11) is 0. The molecule has 1 atom stereocenters. The van der Waals surface area contributed by atoms with Crippen LogP contribution in [0.25, 0.3) is 22.4 Å². The van der Waals surface area contributed by atoms with E-state index in [0.29, 0.717) is 16.3 Å². The van der Waals surface area contributed by atoms with E-state index in [1.54, 1.807) is 4.57 Å². The zero-order valence-corrected chi connectivity index (χ0v) is 21.2. The molecule has 35 heavy (non-hydrogen) atoms. The molecule has 0 aliphatic heterocycles. The number of nitrogens with zero attached hydrogens (tertiary/aromatic N) is 4. The molecule has 0 saturated heterocycles. The Morgan fingerprint density at radius 1 is 1.00 bits per heavy atom. The normalized spacial score (nSPS) is 15.7. The molecule has 5 rings (SSSR count). The number of fused-ring (bicyclic) bond motifs is 3. The molecule has 2 aromatic heterocycles. The summed E-state index contributed by atoms with van der Waals surface area (Å²) in [5, 5.41) is 13.0. The second-order valence-electron chi connectivity index (χ2n) is 9.59. The smallest absolute Gasteiger partial charge is 0.267 e. The molecule has 7 nitrogen and oxygen atoms in total. The Morgan fingerprint density at radius 3 is 2.49 bits per heavy atom. The quantitative estimate of drug-likeness (QED) is 0.382. The average molecular weight is 490 g/mol. The monoisotopic (exact) mass is 489 g/mol. The maximum Gasteiger partial charge on any atom is 0.267 e. The molecule has 4 aromatic rings. The number of para-hydroxylation sites is 2. The van der Waals surface area contributed by atoms with E-state index in [0.717, 1.165) is 29.6 Å². The summed E-state index contributed by atoms with van der Waals surface area (Å²) in [4.78, 5) is 26.6. The van der Waals surface area contributed by atoms with Crippen LogP contribution >= 0.6 is 11.8 Å². The Labute approximate surface area is 208 Å². The molecular formula is C27H31N5O2S. The lowest BCUT2D eigenvalue weighted by molar-refractivity contribution is -0.121. The number of carbonyl (C=O) groups excluding carboxylic acids is 1. The lowest BCUT2D eigenvalue weighted by atomic mass is 9.95. The van der Waals surface area contributed by atoms with E-state index in [4.69, 9.17) is 0 Å². The van der Waals surface area contributed by atoms with Crippen molar-refractivity contribution >= 4 is 34.3 Å². The van der Waals surface area contributed by atoms with E-state index in [1.165, 1.54) is 31.0 Å². The summed E-state index contributed by atoms with van der Waals surface area (Å²) < 4.78 is 3.56. The first kappa shape index (κ1) is 23.6. The van der Waals surface area contributed by atoms with Gasteiger partial charge in [0.25, 0.3) is 5.56 Å². The van der Waals surface area contributed by atoms with Gasteiger partial charge in [-0.25, -0.2) is 4.57 Å². The van der Waals surface area contributed by atoms with Crippen LogP contribution in [0.5, 0.6) is 0 Å². The molecule has 1 aliphatic rings. The Bertz CT molecular complexity index is 1430. The Balaban J connectivity index is 1.60. The zero-order valence-electron chi connectivity index (χ0n) is 20.4. The van der Waals surface area contributed by atoms with Crippen molar-refractivity contribution in [3.8, 4) is 5.69 Å². The number of carbonyl (C=O) groups is 1. The fraction of sp³-hybridized carbons (Fsp3) is 0.407. The predicted molar refractivity (Wildman–Crippen MR) is 141 cm³/mol. The molecule has 1 amide bonds. The largest absolute Gasteiger partial charge is 0.352 e. The van der Waals surface area contributed by atoms with Crippen molar-refractivity contribution in [3.63, 3.8) is 0 Å². The summed E-state index contributed by atoms with van der Waals surface area (Å²) in [6.07, 6.45) is 5.68. The van der Waals surface area contributed by atoms with Gasteiger partial charge in [-0.05, 0) is 49.4 Å². The van der Waals surface area contributed by atoms with Gasteiger partial charge in [0.2, 0.25) is 11.7 Å². The summed E-state index contributed by atoms with van der Waals surface area (Å²) in [6, 6.07) is 15.7. The van der Waals surface area contributed by atoms with Gasteiger partial charge in [0.1, 0.15) is 0 Å². The van der Waals surface area contributed by atoms with Crippen molar-refractivity contribution in [3.05, 3.63) is 64.4 Å². The number of thioether (sulfide) groups is 1. The number of amides is 1. The highest BCUT2D eigenvalue weighted by atomic mass is 32.2. The van der Waals surface area contributed by atoms with E-state index in [2.05, 4.69) is 29.4 Å². The van der Waals surface area contributed by atoms with E-state index < -0.39 is 0 Å². The molecule has 1 unspecified atom stereocenters. The van der Waals surface area contributed by atoms with E-state index in [-0.39, 0.29) is 28.7 Å². The SMILES string of the molecule is CC(Sc1nnc2n(-c3ccccc3C(C)C)c(=O)c3ccccc3n12)C(=O)NC1CCCCC1. The van der Waals surface area contributed by atoms with Gasteiger partial charge < -0.3 is 5.32 Å². The second-order valence-corrected chi connectivity index (χ2v) is 10.9. The van der Waals surface area contributed by atoms with Crippen LogP contribution in [0, 0.1) is 0 Å². The summed E-state index contributed by atoms with van der Waals surface area (Å²) in [6.45, 7) is 6.12. The third-order valence-electron chi connectivity index (χ3n) is 6.80. The van der Waals surface area contributed by atoms with Crippen LogP contribution in [-0.2, 0) is 4.79 Å². The van der Waals surface area contributed by atoms with Crippen molar-refractivity contribution in [1.82, 2.24) is 24.5 Å². The van der Waals surface area contributed by atoms with Gasteiger partial charge in [-0.1, -0.05) is 75.2 Å². The Hall–Kier alpha value is -3.13. The average Bonchev–Trinajstić information content (AvgIpc) is 3.28. The second kappa shape index (κ2) is 9.85. The van der Waals surface area contributed by atoms with E-state index >= 15 is 0 Å². The van der Waals surface area contributed by atoms with Crippen LogP contribution in [0.1, 0.15) is 64.4 Å². The molecule has 1 aliphatic carbocycles. The number of hydrogen-bond donors (Lipinski definition) is 1. The van der Waals surface area contributed by atoms with Gasteiger partial charge in [-0.2, -0.15) is 0 Å². The van der Waals surface area contributed by atoms with Gasteiger partial charge in [0.15, 0.2) is 5.16 Å². The van der Waals surface area contributed by atoms with Crippen LogP contribution < -0.4 is 10.9 Å². The maximum atomic E-state index is 13.7. The third kappa shape index (κ3) is 4.47. The molecule has 1 N–H and O–H groups in total. The fourth-order valence-corrected chi connectivity index (χ4v) is 5.79. The highest BCUT2D eigenvalue weighted by Gasteiger charge is 2.25. The van der Waals surface area contributed by atoms with Crippen molar-refractivity contribution in [1.29, 1.82) is 0 Å².